The molecule has 1 N–H and O–H groups in total. The highest BCUT2D eigenvalue weighted by Gasteiger charge is 2.09. The predicted molar refractivity (Wildman–Crippen MR) is 84.9 cm³/mol. The van der Waals surface area contributed by atoms with Gasteiger partial charge in [-0.1, -0.05) is 48.5 Å². The van der Waals surface area contributed by atoms with Crippen molar-refractivity contribution in [3.8, 4) is 0 Å². The van der Waals surface area contributed by atoms with Gasteiger partial charge >= 0.3 is 0 Å². The van der Waals surface area contributed by atoms with Crippen molar-refractivity contribution in [2.45, 2.75) is 24.8 Å². The maximum Gasteiger partial charge on any atom is 0.230 e. The molecule has 0 heterocycles. The van der Waals surface area contributed by atoms with Crippen LogP contribution in [0.5, 0.6) is 0 Å². The van der Waals surface area contributed by atoms with Gasteiger partial charge in [-0.2, -0.15) is 0 Å². The third kappa shape index (κ3) is 4.14. The van der Waals surface area contributed by atoms with Crippen LogP contribution in [-0.2, 0) is 4.79 Å². The molecule has 0 aliphatic heterocycles. The first kappa shape index (κ1) is 14.7. The number of aryl methyl sites for hydroxylation is 1. The minimum absolute atomic E-state index is 0.0428. The molecule has 2 aromatic carbocycles. The summed E-state index contributed by atoms with van der Waals surface area (Å²) in [5, 5.41) is 3.03. The van der Waals surface area contributed by atoms with Gasteiger partial charge in [-0.3, -0.25) is 4.79 Å². The van der Waals surface area contributed by atoms with Crippen molar-refractivity contribution in [3.05, 3.63) is 65.7 Å². The third-order valence-electron chi connectivity index (χ3n) is 3.13. The Morgan fingerprint density at radius 3 is 2.45 bits per heavy atom. The van der Waals surface area contributed by atoms with Crippen LogP contribution in [0.2, 0.25) is 0 Å². The van der Waals surface area contributed by atoms with Crippen molar-refractivity contribution < 1.29 is 4.79 Å². The number of hydrogen-bond acceptors (Lipinski definition) is 2. The maximum absolute atomic E-state index is 12.0. The molecule has 0 saturated carbocycles. The summed E-state index contributed by atoms with van der Waals surface area (Å²) in [4.78, 5) is 13.1. The lowest BCUT2D eigenvalue weighted by molar-refractivity contribution is -0.119. The molecule has 0 radical (unpaired) electrons. The van der Waals surface area contributed by atoms with Crippen LogP contribution in [0.3, 0.4) is 0 Å². The monoisotopic (exact) mass is 285 g/mol. The standard InChI is InChI=1S/C17H19NOS/c1-13-8-6-7-11-16(13)20-12-17(19)18-14(2)15-9-4-3-5-10-15/h3-11,14H,12H2,1-2H3,(H,18,19). The molecule has 0 aliphatic carbocycles. The molecule has 0 spiro atoms. The van der Waals surface area contributed by atoms with Gasteiger partial charge in [-0.05, 0) is 31.0 Å². The van der Waals surface area contributed by atoms with Crippen LogP contribution in [0.25, 0.3) is 0 Å². The zero-order valence-electron chi connectivity index (χ0n) is 11.8. The van der Waals surface area contributed by atoms with Gasteiger partial charge in [-0.15, -0.1) is 11.8 Å². The number of carbonyl (C=O) groups excluding carboxylic acids is 1. The average molecular weight is 285 g/mol. The minimum Gasteiger partial charge on any atom is -0.349 e. The Kier molecular flexibility index (Phi) is 5.24. The van der Waals surface area contributed by atoms with Crippen LogP contribution in [0.1, 0.15) is 24.1 Å². The summed E-state index contributed by atoms with van der Waals surface area (Å²) in [5.41, 5.74) is 2.34. The van der Waals surface area contributed by atoms with E-state index in [1.165, 1.54) is 5.56 Å². The Morgan fingerprint density at radius 1 is 1.10 bits per heavy atom. The highest BCUT2D eigenvalue weighted by atomic mass is 32.2. The van der Waals surface area contributed by atoms with Crippen molar-refractivity contribution in [1.29, 1.82) is 0 Å². The van der Waals surface area contributed by atoms with E-state index >= 15 is 0 Å². The van der Waals surface area contributed by atoms with E-state index in [0.29, 0.717) is 5.75 Å². The van der Waals surface area contributed by atoms with Crippen molar-refractivity contribution in [1.82, 2.24) is 5.32 Å². The molecule has 20 heavy (non-hydrogen) atoms. The lowest BCUT2D eigenvalue weighted by Crippen LogP contribution is -2.28. The molecule has 1 amide bonds. The van der Waals surface area contributed by atoms with E-state index in [1.54, 1.807) is 11.8 Å². The topological polar surface area (TPSA) is 29.1 Å². The van der Waals surface area contributed by atoms with E-state index in [4.69, 9.17) is 0 Å². The van der Waals surface area contributed by atoms with Gasteiger partial charge in [0.25, 0.3) is 0 Å². The smallest absolute Gasteiger partial charge is 0.230 e. The van der Waals surface area contributed by atoms with Crippen LogP contribution in [-0.4, -0.2) is 11.7 Å². The van der Waals surface area contributed by atoms with Gasteiger partial charge in [-0.25, -0.2) is 0 Å². The molecule has 1 unspecified atom stereocenters. The van der Waals surface area contributed by atoms with Crippen LogP contribution in [0, 0.1) is 6.92 Å². The first-order chi connectivity index (χ1) is 9.66. The highest BCUT2D eigenvalue weighted by Crippen LogP contribution is 2.21. The summed E-state index contributed by atoms with van der Waals surface area (Å²) in [6.45, 7) is 4.07. The normalized spacial score (nSPS) is 11.9. The summed E-state index contributed by atoms with van der Waals surface area (Å²) >= 11 is 1.58. The van der Waals surface area contributed by atoms with Crippen LogP contribution in [0.15, 0.2) is 59.5 Å². The zero-order valence-corrected chi connectivity index (χ0v) is 12.6. The second kappa shape index (κ2) is 7.15. The summed E-state index contributed by atoms with van der Waals surface area (Å²) < 4.78 is 0. The number of amides is 1. The summed E-state index contributed by atoms with van der Waals surface area (Å²) in [7, 11) is 0. The van der Waals surface area contributed by atoms with Crippen molar-refractivity contribution in [2.75, 3.05) is 5.75 Å². The first-order valence-corrected chi connectivity index (χ1v) is 7.68. The van der Waals surface area contributed by atoms with Crippen molar-refractivity contribution >= 4 is 17.7 Å². The number of hydrogen-bond donors (Lipinski definition) is 1. The van der Waals surface area contributed by atoms with E-state index in [1.807, 2.05) is 55.5 Å². The fraction of sp³-hybridized carbons (Fsp3) is 0.235. The number of rotatable bonds is 5. The van der Waals surface area contributed by atoms with E-state index in [-0.39, 0.29) is 11.9 Å². The number of nitrogens with one attached hydrogen (secondary N) is 1. The first-order valence-electron chi connectivity index (χ1n) is 6.69. The Morgan fingerprint density at radius 2 is 1.75 bits per heavy atom. The Bertz CT molecular complexity index is 568. The van der Waals surface area contributed by atoms with Crippen LogP contribution < -0.4 is 5.32 Å². The second-order valence-electron chi connectivity index (χ2n) is 4.75. The number of carbonyl (C=O) groups is 1. The molecule has 2 nitrogen and oxygen atoms in total. The lowest BCUT2D eigenvalue weighted by atomic mass is 10.1. The highest BCUT2D eigenvalue weighted by molar-refractivity contribution is 8.00. The Labute approximate surface area is 124 Å². The Balaban J connectivity index is 1.86. The predicted octanol–water partition coefficient (Wildman–Crippen LogP) is 3.96. The molecule has 0 aliphatic rings. The molecular formula is C17H19NOS. The van der Waals surface area contributed by atoms with Gasteiger partial charge in [0, 0.05) is 4.90 Å². The molecule has 1 atom stereocenters. The molecule has 0 bridgehead atoms. The second-order valence-corrected chi connectivity index (χ2v) is 5.77. The summed E-state index contributed by atoms with van der Waals surface area (Å²) in [5.74, 6) is 0.511. The third-order valence-corrected chi connectivity index (χ3v) is 4.31. The molecule has 104 valence electrons. The van der Waals surface area contributed by atoms with E-state index in [2.05, 4.69) is 18.3 Å². The summed E-state index contributed by atoms with van der Waals surface area (Å²) in [6.07, 6.45) is 0. The van der Waals surface area contributed by atoms with Crippen LogP contribution >= 0.6 is 11.8 Å². The maximum atomic E-state index is 12.0. The lowest BCUT2D eigenvalue weighted by Gasteiger charge is -2.14. The quantitative estimate of drug-likeness (QED) is 0.842. The van der Waals surface area contributed by atoms with Gasteiger partial charge in [0.2, 0.25) is 5.91 Å². The van der Waals surface area contributed by atoms with Gasteiger partial charge < -0.3 is 5.32 Å². The van der Waals surface area contributed by atoms with Gasteiger partial charge in [0.05, 0.1) is 11.8 Å². The van der Waals surface area contributed by atoms with E-state index in [9.17, 15) is 4.79 Å². The molecular weight excluding hydrogens is 266 g/mol. The van der Waals surface area contributed by atoms with Gasteiger partial charge in [0.15, 0.2) is 0 Å². The molecule has 3 heteroatoms. The molecule has 0 saturated heterocycles. The Hall–Kier alpha value is -1.74. The largest absolute Gasteiger partial charge is 0.349 e. The minimum atomic E-state index is 0.0428. The summed E-state index contributed by atoms with van der Waals surface area (Å²) in [6, 6.07) is 18.2. The fourth-order valence-corrected chi connectivity index (χ4v) is 2.81. The molecule has 2 rings (SSSR count). The van der Waals surface area contributed by atoms with E-state index in [0.717, 1.165) is 10.5 Å². The SMILES string of the molecule is Cc1ccccc1SCC(=O)NC(C)c1ccccc1. The van der Waals surface area contributed by atoms with Crippen molar-refractivity contribution in [3.63, 3.8) is 0 Å². The fourth-order valence-electron chi connectivity index (χ4n) is 1.97. The zero-order chi connectivity index (χ0) is 14.4. The molecule has 2 aromatic rings. The van der Waals surface area contributed by atoms with Crippen LogP contribution in [0.4, 0.5) is 0 Å². The number of thioether (sulfide) groups is 1. The van der Waals surface area contributed by atoms with Crippen molar-refractivity contribution in [2.24, 2.45) is 0 Å². The average Bonchev–Trinajstić information content (AvgIpc) is 2.47. The van der Waals surface area contributed by atoms with Gasteiger partial charge in [0.1, 0.15) is 0 Å². The molecule has 0 fully saturated rings. The molecule has 0 aromatic heterocycles. The van der Waals surface area contributed by atoms with E-state index < -0.39 is 0 Å². The number of benzene rings is 2.